The third-order valence-corrected chi connectivity index (χ3v) is 5.73. The predicted octanol–water partition coefficient (Wildman–Crippen LogP) is 6.05. The van der Waals surface area contributed by atoms with E-state index in [1.54, 1.807) is 22.3 Å². The van der Waals surface area contributed by atoms with Crippen LogP contribution in [0, 0.1) is 11.8 Å². The molecule has 2 unspecified atom stereocenters. The number of rotatable bonds is 5. The molecule has 0 saturated carbocycles. The Bertz CT molecular complexity index is 523. The average molecular weight is 296 g/mol. The van der Waals surface area contributed by atoms with Crippen molar-refractivity contribution in [1.82, 2.24) is 0 Å². The summed E-state index contributed by atoms with van der Waals surface area (Å²) in [5, 5.41) is 0. The van der Waals surface area contributed by atoms with Crippen LogP contribution in [0.2, 0.25) is 0 Å². The van der Waals surface area contributed by atoms with E-state index in [1.165, 1.54) is 64.2 Å². The van der Waals surface area contributed by atoms with Crippen molar-refractivity contribution in [1.29, 1.82) is 0 Å². The number of unbranched alkanes of at least 4 members (excludes halogenated alkanes) is 1. The highest BCUT2D eigenvalue weighted by molar-refractivity contribution is 5.40. The van der Waals surface area contributed by atoms with E-state index < -0.39 is 0 Å². The zero-order valence-corrected chi connectivity index (χ0v) is 14.5. The molecular formula is C22H32. The van der Waals surface area contributed by atoms with E-state index in [0.717, 1.165) is 11.8 Å². The van der Waals surface area contributed by atoms with E-state index in [9.17, 15) is 0 Å². The van der Waals surface area contributed by atoms with Crippen LogP contribution in [0.4, 0.5) is 0 Å². The second-order valence-electron chi connectivity index (χ2n) is 7.65. The zero-order chi connectivity index (χ0) is 15.4. The third kappa shape index (κ3) is 3.83. The maximum absolute atomic E-state index is 2.60. The van der Waals surface area contributed by atoms with Crippen LogP contribution in [0.15, 0.2) is 24.3 Å². The number of aryl methyl sites for hydroxylation is 3. The molecule has 0 heteroatoms. The molecule has 2 aliphatic rings. The second-order valence-corrected chi connectivity index (χ2v) is 7.65. The van der Waals surface area contributed by atoms with Crippen molar-refractivity contribution in [2.45, 2.75) is 78.1 Å². The number of benzene rings is 1. The number of hydrogen-bond donors (Lipinski definition) is 0. The lowest BCUT2D eigenvalue weighted by Crippen LogP contribution is -2.05. The summed E-state index contributed by atoms with van der Waals surface area (Å²) in [5.41, 5.74) is 6.66. The van der Waals surface area contributed by atoms with Gasteiger partial charge in [-0.1, -0.05) is 44.6 Å². The monoisotopic (exact) mass is 296 g/mol. The van der Waals surface area contributed by atoms with Crippen molar-refractivity contribution < 1.29 is 0 Å². The Morgan fingerprint density at radius 2 is 1.73 bits per heavy atom. The molecule has 1 aromatic carbocycles. The molecule has 1 aromatic rings. The molecule has 3 rings (SSSR count). The fourth-order valence-electron chi connectivity index (χ4n) is 4.14. The molecule has 0 amide bonds. The molecule has 0 radical (unpaired) electrons. The molecule has 120 valence electrons. The summed E-state index contributed by atoms with van der Waals surface area (Å²) in [7, 11) is 0. The van der Waals surface area contributed by atoms with Crippen LogP contribution in [-0.4, -0.2) is 0 Å². The largest absolute Gasteiger partial charge is 0.0882 e. The van der Waals surface area contributed by atoms with Crippen LogP contribution in [0.5, 0.6) is 0 Å². The van der Waals surface area contributed by atoms with Gasteiger partial charge in [0.2, 0.25) is 0 Å². The maximum atomic E-state index is 2.60. The smallest absolute Gasteiger partial charge is 0.0190 e. The maximum Gasteiger partial charge on any atom is -0.0190 e. The minimum atomic E-state index is 0.795. The lowest BCUT2D eigenvalue weighted by atomic mass is 9.88. The summed E-state index contributed by atoms with van der Waals surface area (Å²) in [6.07, 6.45) is 18.0. The molecule has 0 bridgehead atoms. The summed E-state index contributed by atoms with van der Waals surface area (Å²) in [4.78, 5) is 0. The Morgan fingerprint density at radius 3 is 2.36 bits per heavy atom. The Kier molecular flexibility index (Phi) is 5.39. The number of hydrogen-bond acceptors (Lipinski definition) is 0. The van der Waals surface area contributed by atoms with Crippen LogP contribution < -0.4 is 0 Å². The second kappa shape index (κ2) is 7.49. The van der Waals surface area contributed by atoms with Gasteiger partial charge in [-0.3, -0.25) is 0 Å². The van der Waals surface area contributed by atoms with Gasteiger partial charge in [-0.05, 0) is 91.9 Å². The van der Waals surface area contributed by atoms with Crippen molar-refractivity contribution >= 4 is 0 Å². The number of fused-ring (bicyclic) bond motifs is 1. The lowest BCUT2D eigenvalue weighted by molar-refractivity contribution is 0.510. The van der Waals surface area contributed by atoms with Gasteiger partial charge in [0.25, 0.3) is 0 Å². The summed E-state index contributed by atoms with van der Waals surface area (Å²) in [5.74, 6) is 1.69. The van der Waals surface area contributed by atoms with Gasteiger partial charge in [-0.25, -0.2) is 0 Å². The van der Waals surface area contributed by atoms with E-state index >= 15 is 0 Å². The molecule has 0 saturated heterocycles. The van der Waals surface area contributed by atoms with Crippen LogP contribution >= 0.6 is 0 Å². The normalized spacial score (nSPS) is 24.3. The standard InChI is InChI=1S/C22H32/c1-3-4-9-19-15-20-12-10-17(2)11-13-21(20)16-22(19)14-18-7-5-6-8-18/h5,7,15-18H,3-4,6,8-14H2,1-2H3. The molecule has 0 nitrogen and oxygen atoms in total. The van der Waals surface area contributed by atoms with Gasteiger partial charge in [-0.15, -0.1) is 0 Å². The summed E-state index contributed by atoms with van der Waals surface area (Å²) >= 11 is 0. The topological polar surface area (TPSA) is 0 Å². The predicted molar refractivity (Wildman–Crippen MR) is 96.4 cm³/mol. The highest BCUT2D eigenvalue weighted by Crippen LogP contribution is 2.30. The van der Waals surface area contributed by atoms with Gasteiger partial charge in [0.1, 0.15) is 0 Å². The average Bonchev–Trinajstić information content (AvgIpc) is 2.96. The van der Waals surface area contributed by atoms with Gasteiger partial charge in [-0.2, -0.15) is 0 Å². The quantitative estimate of drug-likeness (QED) is 0.458. The molecule has 2 atom stereocenters. The van der Waals surface area contributed by atoms with Gasteiger partial charge in [0, 0.05) is 0 Å². The first-order valence-electron chi connectivity index (χ1n) is 9.56. The Labute approximate surface area is 137 Å². The van der Waals surface area contributed by atoms with Crippen molar-refractivity contribution in [3.63, 3.8) is 0 Å². The molecule has 0 heterocycles. The van der Waals surface area contributed by atoms with Crippen LogP contribution in [0.3, 0.4) is 0 Å². The summed E-state index contributed by atoms with van der Waals surface area (Å²) < 4.78 is 0. The van der Waals surface area contributed by atoms with E-state index in [-0.39, 0.29) is 0 Å². The van der Waals surface area contributed by atoms with Crippen molar-refractivity contribution in [3.8, 4) is 0 Å². The fraction of sp³-hybridized carbons (Fsp3) is 0.636. The van der Waals surface area contributed by atoms with Crippen molar-refractivity contribution in [3.05, 3.63) is 46.5 Å². The highest BCUT2D eigenvalue weighted by atomic mass is 14.2. The molecule has 0 fully saturated rings. The minimum Gasteiger partial charge on any atom is -0.0882 e. The molecule has 0 spiro atoms. The van der Waals surface area contributed by atoms with Gasteiger partial charge in [0.15, 0.2) is 0 Å². The first-order chi connectivity index (χ1) is 10.8. The van der Waals surface area contributed by atoms with Gasteiger partial charge < -0.3 is 0 Å². The highest BCUT2D eigenvalue weighted by Gasteiger charge is 2.18. The number of allylic oxidation sites excluding steroid dienone is 2. The molecule has 0 aromatic heterocycles. The fourth-order valence-corrected chi connectivity index (χ4v) is 4.14. The van der Waals surface area contributed by atoms with Crippen LogP contribution in [0.1, 0.15) is 74.6 Å². The van der Waals surface area contributed by atoms with E-state index in [2.05, 4.69) is 38.1 Å². The van der Waals surface area contributed by atoms with Gasteiger partial charge >= 0.3 is 0 Å². The summed E-state index contributed by atoms with van der Waals surface area (Å²) in [6.45, 7) is 4.73. The van der Waals surface area contributed by atoms with E-state index in [0.29, 0.717) is 0 Å². The molecular weight excluding hydrogens is 264 g/mol. The molecule has 2 aliphatic carbocycles. The first kappa shape index (κ1) is 15.8. The Hall–Kier alpha value is -1.04. The first-order valence-corrected chi connectivity index (χ1v) is 9.56. The minimum absolute atomic E-state index is 0.795. The third-order valence-electron chi connectivity index (χ3n) is 5.73. The van der Waals surface area contributed by atoms with Crippen molar-refractivity contribution in [2.24, 2.45) is 11.8 Å². The Morgan fingerprint density at radius 1 is 1.00 bits per heavy atom. The van der Waals surface area contributed by atoms with Gasteiger partial charge in [0.05, 0.1) is 0 Å². The molecule has 0 aliphatic heterocycles. The van der Waals surface area contributed by atoms with Crippen LogP contribution in [-0.2, 0) is 25.7 Å². The van der Waals surface area contributed by atoms with E-state index in [4.69, 9.17) is 0 Å². The Balaban J connectivity index is 1.86. The summed E-state index contributed by atoms with van der Waals surface area (Å²) in [6, 6.07) is 5.20. The lowest BCUT2D eigenvalue weighted by Gasteiger charge is -2.17. The SMILES string of the molecule is CCCCc1cc2c(cc1CC1C=CCC1)CCC(C)CC2. The molecule has 22 heavy (non-hydrogen) atoms. The zero-order valence-electron chi connectivity index (χ0n) is 14.5. The van der Waals surface area contributed by atoms with E-state index in [1.807, 2.05) is 0 Å². The molecule has 0 N–H and O–H groups in total. The van der Waals surface area contributed by atoms with Crippen LogP contribution in [0.25, 0.3) is 0 Å². The van der Waals surface area contributed by atoms with Crippen molar-refractivity contribution in [2.75, 3.05) is 0 Å².